The molecular weight excluding hydrogens is 560 g/mol. The number of thioether (sulfide) groups is 1. The number of thiazole rings is 1. The van der Waals surface area contributed by atoms with Gasteiger partial charge >= 0.3 is 0 Å². The van der Waals surface area contributed by atoms with Gasteiger partial charge in [-0.1, -0.05) is 69.4 Å². The number of amides is 2. The van der Waals surface area contributed by atoms with Crippen molar-refractivity contribution in [3.8, 4) is 5.69 Å². The number of aromatic nitrogens is 4. The summed E-state index contributed by atoms with van der Waals surface area (Å²) in [4.78, 5) is 29.6. The van der Waals surface area contributed by atoms with Crippen LogP contribution in [-0.2, 0) is 11.3 Å². The van der Waals surface area contributed by atoms with E-state index in [2.05, 4.69) is 41.7 Å². The SMILES string of the molecule is O=C(CSc1nnc(CNC(=O)c2ccccc2)n1-c1ccc(Br)cc1)Nc1nc2ccccc2s1. The standard InChI is InChI=1S/C25H19BrN6O2S2/c26-17-10-12-18(13-11-17)32-21(14-27-23(34)16-6-2-1-3-7-16)30-31-25(32)35-15-22(33)29-24-28-19-8-4-5-9-20(19)36-24/h1-13H,14-15H2,(H,27,34)(H,28,29,33). The lowest BCUT2D eigenvalue weighted by atomic mass is 10.2. The number of hydrogen-bond acceptors (Lipinski definition) is 7. The molecule has 8 nitrogen and oxygen atoms in total. The molecule has 0 bridgehead atoms. The van der Waals surface area contributed by atoms with Gasteiger partial charge in [0.25, 0.3) is 5.91 Å². The number of para-hydroxylation sites is 1. The van der Waals surface area contributed by atoms with Crippen molar-refractivity contribution in [1.82, 2.24) is 25.1 Å². The lowest BCUT2D eigenvalue weighted by molar-refractivity contribution is -0.113. The van der Waals surface area contributed by atoms with Gasteiger partial charge in [-0.25, -0.2) is 4.98 Å². The number of rotatable bonds is 8. The van der Waals surface area contributed by atoms with Gasteiger partial charge in [-0.3, -0.25) is 14.2 Å². The first-order valence-electron chi connectivity index (χ1n) is 10.9. The van der Waals surface area contributed by atoms with Gasteiger partial charge in [0.05, 0.1) is 22.5 Å². The molecule has 0 aliphatic rings. The molecule has 0 aliphatic heterocycles. The van der Waals surface area contributed by atoms with Gasteiger partial charge in [0.1, 0.15) is 0 Å². The van der Waals surface area contributed by atoms with Gasteiger partial charge in [-0.05, 0) is 48.5 Å². The van der Waals surface area contributed by atoms with Crippen molar-refractivity contribution < 1.29 is 9.59 Å². The zero-order chi connectivity index (χ0) is 24.9. The summed E-state index contributed by atoms with van der Waals surface area (Å²) in [5.74, 6) is 0.283. The van der Waals surface area contributed by atoms with Gasteiger partial charge in [0.2, 0.25) is 5.91 Å². The number of halogens is 1. The zero-order valence-electron chi connectivity index (χ0n) is 18.7. The van der Waals surface area contributed by atoms with Crippen LogP contribution in [0, 0.1) is 0 Å². The fourth-order valence-corrected chi connectivity index (χ4v) is 5.34. The second kappa shape index (κ2) is 11.0. The molecular formula is C25H19BrN6O2S2. The molecule has 5 rings (SSSR count). The molecule has 2 N–H and O–H groups in total. The van der Waals surface area contributed by atoms with E-state index in [1.807, 2.05) is 71.3 Å². The summed E-state index contributed by atoms with van der Waals surface area (Å²) in [5.41, 5.74) is 2.23. The molecule has 0 saturated heterocycles. The summed E-state index contributed by atoms with van der Waals surface area (Å²) in [5, 5.41) is 15.4. The maximum absolute atomic E-state index is 12.6. The molecule has 36 heavy (non-hydrogen) atoms. The molecule has 0 unspecified atom stereocenters. The summed E-state index contributed by atoms with van der Waals surface area (Å²) < 4.78 is 3.79. The molecule has 0 atom stereocenters. The molecule has 0 fully saturated rings. The minimum Gasteiger partial charge on any atom is -0.345 e. The minimum absolute atomic E-state index is 0.126. The molecule has 0 aliphatic carbocycles. The number of nitrogens with zero attached hydrogens (tertiary/aromatic N) is 4. The van der Waals surface area contributed by atoms with Gasteiger partial charge in [0, 0.05) is 15.7 Å². The summed E-state index contributed by atoms with van der Waals surface area (Å²) in [6, 6.07) is 24.4. The van der Waals surface area contributed by atoms with Crippen LogP contribution in [0.1, 0.15) is 16.2 Å². The Balaban J connectivity index is 1.31. The van der Waals surface area contributed by atoms with Gasteiger partial charge in [-0.15, -0.1) is 10.2 Å². The molecule has 0 saturated carbocycles. The summed E-state index contributed by atoms with van der Waals surface area (Å²) >= 11 is 6.15. The lowest BCUT2D eigenvalue weighted by Gasteiger charge is -2.11. The van der Waals surface area contributed by atoms with E-state index >= 15 is 0 Å². The molecule has 0 spiro atoms. The molecule has 3 aromatic carbocycles. The van der Waals surface area contributed by atoms with Crippen LogP contribution in [0.15, 0.2) is 88.5 Å². The van der Waals surface area contributed by atoms with Crippen LogP contribution in [-0.4, -0.2) is 37.3 Å². The van der Waals surface area contributed by atoms with Crippen molar-refractivity contribution in [2.24, 2.45) is 0 Å². The van der Waals surface area contributed by atoms with Crippen molar-refractivity contribution in [3.63, 3.8) is 0 Å². The number of benzene rings is 3. The Morgan fingerprint density at radius 2 is 1.69 bits per heavy atom. The first-order valence-corrected chi connectivity index (χ1v) is 13.5. The highest BCUT2D eigenvalue weighted by atomic mass is 79.9. The molecule has 0 radical (unpaired) electrons. The average molecular weight is 580 g/mol. The Morgan fingerprint density at radius 3 is 2.47 bits per heavy atom. The second-order valence-electron chi connectivity index (χ2n) is 7.58. The van der Waals surface area contributed by atoms with Crippen molar-refractivity contribution >= 4 is 66.2 Å². The van der Waals surface area contributed by atoms with E-state index in [1.165, 1.54) is 23.1 Å². The summed E-state index contributed by atoms with van der Waals surface area (Å²) in [6.07, 6.45) is 0. The summed E-state index contributed by atoms with van der Waals surface area (Å²) in [6.45, 7) is 0.176. The Kier molecular flexibility index (Phi) is 7.40. The van der Waals surface area contributed by atoms with Crippen molar-refractivity contribution in [2.45, 2.75) is 11.7 Å². The predicted molar refractivity (Wildman–Crippen MR) is 146 cm³/mol. The fraction of sp³-hybridized carbons (Fsp3) is 0.0800. The third-order valence-electron chi connectivity index (χ3n) is 5.10. The molecule has 2 aromatic heterocycles. The van der Waals surface area contributed by atoms with E-state index in [1.54, 1.807) is 12.1 Å². The Morgan fingerprint density at radius 1 is 0.944 bits per heavy atom. The largest absolute Gasteiger partial charge is 0.345 e. The maximum Gasteiger partial charge on any atom is 0.251 e. The van der Waals surface area contributed by atoms with E-state index in [-0.39, 0.29) is 24.1 Å². The highest BCUT2D eigenvalue weighted by molar-refractivity contribution is 9.10. The number of carbonyl (C=O) groups excluding carboxylic acids is 2. The van der Waals surface area contributed by atoms with Gasteiger partial charge in [0.15, 0.2) is 16.1 Å². The predicted octanol–water partition coefficient (Wildman–Crippen LogP) is 5.30. The van der Waals surface area contributed by atoms with Gasteiger partial charge in [-0.2, -0.15) is 0 Å². The molecule has 2 amide bonds. The lowest BCUT2D eigenvalue weighted by Crippen LogP contribution is -2.24. The van der Waals surface area contributed by atoms with Gasteiger partial charge < -0.3 is 10.6 Å². The monoisotopic (exact) mass is 578 g/mol. The Bertz CT molecular complexity index is 1490. The highest BCUT2D eigenvalue weighted by Crippen LogP contribution is 2.27. The second-order valence-corrected chi connectivity index (χ2v) is 10.5. The average Bonchev–Trinajstić information content (AvgIpc) is 3.50. The fourth-order valence-electron chi connectivity index (χ4n) is 3.42. The summed E-state index contributed by atoms with van der Waals surface area (Å²) in [7, 11) is 0. The van der Waals surface area contributed by atoms with Crippen LogP contribution < -0.4 is 10.6 Å². The smallest absolute Gasteiger partial charge is 0.251 e. The molecule has 5 aromatic rings. The van der Waals surface area contributed by atoms with Crippen LogP contribution in [0.4, 0.5) is 5.13 Å². The van der Waals surface area contributed by atoms with E-state index in [0.717, 1.165) is 20.4 Å². The first-order chi connectivity index (χ1) is 17.6. The number of fused-ring (bicyclic) bond motifs is 1. The first kappa shape index (κ1) is 24.2. The molecule has 2 heterocycles. The van der Waals surface area contributed by atoms with Crippen LogP contribution in [0.3, 0.4) is 0 Å². The third kappa shape index (κ3) is 5.64. The normalized spacial score (nSPS) is 10.9. The topological polar surface area (TPSA) is 102 Å². The Labute approximate surface area is 223 Å². The molecule has 180 valence electrons. The number of hydrogen-bond donors (Lipinski definition) is 2. The van der Waals surface area contributed by atoms with Crippen LogP contribution in [0.25, 0.3) is 15.9 Å². The molecule has 11 heteroatoms. The van der Waals surface area contributed by atoms with E-state index in [9.17, 15) is 9.59 Å². The van der Waals surface area contributed by atoms with E-state index < -0.39 is 0 Å². The maximum atomic E-state index is 12.6. The van der Waals surface area contributed by atoms with Crippen LogP contribution >= 0.6 is 39.0 Å². The van der Waals surface area contributed by atoms with E-state index in [0.29, 0.717) is 21.7 Å². The minimum atomic E-state index is -0.203. The van der Waals surface area contributed by atoms with Crippen molar-refractivity contribution in [3.05, 3.63) is 94.7 Å². The van der Waals surface area contributed by atoms with E-state index in [4.69, 9.17) is 0 Å². The van der Waals surface area contributed by atoms with Crippen LogP contribution in [0.2, 0.25) is 0 Å². The quantitative estimate of drug-likeness (QED) is 0.242. The Hall–Kier alpha value is -3.54. The zero-order valence-corrected chi connectivity index (χ0v) is 21.9. The third-order valence-corrected chi connectivity index (χ3v) is 7.51. The number of nitrogens with one attached hydrogen (secondary N) is 2. The van der Waals surface area contributed by atoms with Crippen molar-refractivity contribution in [2.75, 3.05) is 11.1 Å². The number of carbonyl (C=O) groups is 2. The highest BCUT2D eigenvalue weighted by Gasteiger charge is 2.17. The van der Waals surface area contributed by atoms with Crippen molar-refractivity contribution in [1.29, 1.82) is 0 Å². The van der Waals surface area contributed by atoms with Crippen LogP contribution in [0.5, 0.6) is 0 Å². The number of anilines is 1.